The summed E-state index contributed by atoms with van der Waals surface area (Å²) in [6, 6.07) is 7.96. The maximum Gasteiger partial charge on any atom is 0.226 e. The third-order valence-electron chi connectivity index (χ3n) is 4.81. The van der Waals surface area contributed by atoms with Crippen LogP contribution in [-0.4, -0.2) is 31.5 Å². The molecule has 0 aromatic heterocycles. The van der Waals surface area contributed by atoms with Gasteiger partial charge in [-0.1, -0.05) is 18.6 Å². The van der Waals surface area contributed by atoms with E-state index in [0.29, 0.717) is 12.5 Å². The molecule has 3 atom stereocenters. The van der Waals surface area contributed by atoms with Crippen LogP contribution in [0.2, 0.25) is 0 Å². The summed E-state index contributed by atoms with van der Waals surface area (Å²) >= 11 is 0. The minimum absolute atomic E-state index is 0. The van der Waals surface area contributed by atoms with Crippen LogP contribution in [0.3, 0.4) is 0 Å². The highest BCUT2D eigenvalue weighted by molar-refractivity contribution is 5.85. The molecule has 5 heteroatoms. The van der Waals surface area contributed by atoms with Gasteiger partial charge in [0.05, 0.1) is 13.2 Å². The molecule has 1 aromatic carbocycles. The van der Waals surface area contributed by atoms with E-state index in [4.69, 9.17) is 10.5 Å². The molecule has 0 aliphatic heterocycles. The molecule has 1 saturated carbocycles. The van der Waals surface area contributed by atoms with E-state index in [1.54, 1.807) is 7.11 Å². The lowest BCUT2D eigenvalue weighted by Crippen LogP contribution is -2.38. The molecule has 1 unspecified atom stereocenters. The molecule has 1 aliphatic rings. The second kappa shape index (κ2) is 8.39. The van der Waals surface area contributed by atoms with Crippen LogP contribution < -0.4 is 10.5 Å². The van der Waals surface area contributed by atoms with Gasteiger partial charge in [-0.25, -0.2) is 0 Å². The van der Waals surface area contributed by atoms with Gasteiger partial charge < -0.3 is 15.4 Å². The topological polar surface area (TPSA) is 55.6 Å². The molecule has 0 bridgehead atoms. The molecule has 124 valence electrons. The second-order valence-electron chi connectivity index (χ2n) is 5.93. The van der Waals surface area contributed by atoms with Crippen LogP contribution in [0.5, 0.6) is 5.75 Å². The Labute approximate surface area is 139 Å². The Morgan fingerprint density at radius 2 is 2.00 bits per heavy atom. The van der Waals surface area contributed by atoms with Gasteiger partial charge in [-0.3, -0.25) is 4.79 Å². The summed E-state index contributed by atoms with van der Waals surface area (Å²) in [5.74, 6) is 1.51. The molecular weight excluding hydrogens is 300 g/mol. The van der Waals surface area contributed by atoms with E-state index in [1.807, 2.05) is 36.2 Å². The Kier molecular flexibility index (Phi) is 7.17. The molecule has 2 N–H and O–H groups in total. The number of nitrogens with two attached hydrogens (primary N) is 1. The number of carbonyl (C=O) groups excluding carboxylic acids is 1. The number of rotatable bonds is 5. The van der Waals surface area contributed by atoms with Gasteiger partial charge in [-0.2, -0.15) is 0 Å². The molecule has 1 aromatic rings. The highest BCUT2D eigenvalue weighted by Crippen LogP contribution is 2.34. The zero-order valence-corrected chi connectivity index (χ0v) is 14.4. The number of amides is 1. The maximum absolute atomic E-state index is 12.7. The molecule has 22 heavy (non-hydrogen) atoms. The smallest absolute Gasteiger partial charge is 0.226 e. The molecule has 0 saturated heterocycles. The largest absolute Gasteiger partial charge is 0.497 e. The summed E-state index contributed by atoms with van der Waals surface area (Å²) in [5.41, 5.74) is 6.92. The Bertz CT molecular complexity index is 478. The number of hydrogen-bond acceptors (Lipinski definition) is 3. The number of nitrogens with zero attached hydrogens (tertiary/aromatic N) is 1. The first kappa shape index (κ1) is 18.8. The predicted octanol–water partition coefficient (Wildman–Crippen LogP) is 3.01. The predicted molar refractivity (Wildman–Crippen MR) is 91.3 cm³/mol. The number of halogens is 1. The molecule has 0 heterocycles. The lowest BCUT2D eigenvalue weighted by molar-refractivity contribution is -0.137. The summed E-state index contributed by atoms with van der Waals surface area (Å²) in [6.45, 7) is 2.67. The van der Waals surface area contributed by atoms with Crippen molar-refractivity contribution in [2.45, 2.75) is 32.2 Å². The lowest BCUT2D eigenvalue weighted by atomic mass is 9.94. The second-order valence-corrected chi connectivity index (χ2v) is 5.93. The third-order valence-corrected chi connectivity index (χ3v) is 4.81. The summed E-state index contributed by atoms with van der Waals surface area (Å²) < 4.78 is 5.17. The summed E-state index contributed by atoms with van der Waals surface area (Å²) in [4.78, 5) is 14.6. The average molecular weight is 327 g/mol. The van der Waals surface area contributed by atoms with Crippen molar-refractivity contribution in [3.63, 3.8) is 0 Å². The fraction of sp³-hybridized carbons (Fsp3) is 0.588. The standard InChI is InChI=1S/C17H26N2O2.ClH/c1-12(13-7-9-15(21-3)10-8-13)19(2)17(20)16-6-4-5-14(16)11-18;/h7-10,12,14,16H,4-6,11,18H2,1-3H3;1H/t12?,14-,16-;/m1./s1. The first-order valence-corrected chi connectivity index (χ1v) is 7.69. The van der Waals surface area contributed by atoms with Gasteiger partial charge >= 0.3 is 0 Å². The summed E-state index contributed by atoms with van der Waals surface area (Å²) in [6.07, 6.45) is 3.17. The number of ether oxygens (including phenoxy) is 1. The number of hydrogen-bond donors (Lipinski definition) is 1. The zero-order chi connectivity index (χ0) is 15.4. The molecular formula is C17H27ClN2O2. The SMILES string of the molecule is COc1ccc(C(C)N(C)C(=O)[C@@H]2CCC[C@@H]2CN)cc1.Cl. The van der Waals surface area contributed by atoms with Gasteiger partial charge in [0.25, 0.3) is 0 Å². The van der Waals surface area contributed by atoms with Crippen molar-refractivity contribution in [2.24, 2.45) is 17.6 Å². The van der Waals surface area contributed by atoms with Crippen LogP contribution in [0.25, 0.3) is 0 Å². The van der Waals surface area contributed by atoms with E-state index in [-0.39, 0.29) is 30.3 Å². The Hall–Kier alpha value is -1.26. The highest BCUT2D eigenvalue weighted by atomic mass is 35.5. The zero-order valence-electron chi connectivity index (χ0n) is 13.6. The highest BCUT2D eigenvalue weighted by Gasteiger charge is 2.34. The van der Waals surface area contributed by atoms with E-state index < -0.39 is 0 Å². The van der Waals surface area contributed by atoms with Crippen LogP contribution in [0, 0.1) is 11.8 Å². The van der Waals surface area contributed by atoms with Gasteiger partial charge in [0, 0.05) is 13.0 Å². The first-order valence-electron chi connectivity index (χ1n) is 7.69. The van der Waals surface area contributed by atoms with E-state index in [2.05, 4.69) is 6.92 Å². The average Bonchev–Trinajstić information content (AvgIpc) is 3.01. The normalized spacial score (nSPS) is 21.8. The summed E-state index contributed by atoms with van der Waals surface area (Å²) in [7, 11) is 3.55. The van der Waals surface area contributed by atoms with Crippen LogP contribution in [0.15, 0.2) is 24.3 Å². The van der Waals surface area contributed by atoms with Crippen molar-refractivity contribution < 1.29 is 9.53 Å². The molecule has 0 spiro atoms. The van der Waals surface area contributed by atoms with Gasteiger partial charge in [0.1, 0.15) is 5.75 Å². The fourth-order valence-corrected chi connectivity index (χ4v) is 3.20. The number of methoxy groups -OCH3 is 1. The number of benzene rings is 1. The van der Waals surface area contributed by atoms with Gasteiger partial charge in [-0.15, -0.1) is 12.4 Å². The van der Waals surface area contributed by atoms with E-state index in [0.717, 1.165) is 30.6 Å². The van der Waals surface area contributed by atoms with Crippen LogP contribution in [-0.2, 0) is 4.79 Å². The quantitative estimate of drug-likeness (QED) is 0.905. The van der Waals surface area contributed by atoms with Crippen LogP contribution >= 0.6 is 12.4 Å². The minimum Gasteiger partial charge on any atom is -0.497 e. The van der Waals surface area contributed by atoms with Crippen LogP contribution in [0.1, 0.15) is 37.8 Å². The molecule has 0 radical (unpaired) electrons. The van der Waals surface area contributed by atoms with Gasteiger partial charge in [0.2, 0.25) is 5.91 Å². The van der Waals surface area contributed by atoms with Gasteiger partial charge in [-0.05, 0) is 49.9 Å². The van der Waals surface area contributed by atoms with Crippen molar-refractivity contribution in [3.8, 4) is 5.75 Å². The Balaban J connectivity index is 0.00000242. The van der Waals surface area contributed by atoms with E-state index >= 15 is 0 Å². The lowest BCUT2D eigenvalue weighted by Gasteiger charge is -2.30. The Morgan fingerprint density at radius 1 is 1.36 bits per heavy atom. The molecule has 1 amide bonds. The first-order chi connectivity index (χ1) is 10.1. The van der Waals surface area contributed by atoms with Crippen molar-refractivity contribution in [1.29, 1.82) is 0 Å². The Morgan fingerprint density at radius 3 is 2.55 bits per heavy atom. The van der Waals surface area contributed by atoms with Crippen molar-refractivity contribution in [3.05, 3.63) is 29.8 Å². The molecule has 4 nitrogen and oxygen atoms in total. The fourth-order valence-electron chi connectivity index (χ4n) is 3.20. The van der Waals surface area contributed by atoms with Gasteiger partial charge in [0.15, 0.2) is 0 Å². The maximum atomic E-state index is 12.7. The van der Waals surface area contributed by atoms with Crippen molar-refractivity contribution >= 4 is 18.3 Å². The minimum atomic E-state index is 0. The third kappa shape index (κ3) is 3.93. The number of carbonyl (C=O) groups is 1. The summed E-state index contributed by atoms with van der Waals surface area (Å²) in [5, 5.41) is 0. The molecule has 1 fully saturated rings. The molecule has 2 rings (SSSR count). The molecule has 1 aliphatic carbocycles. The van der Waals surface area contributed by atoms with Crippen molar-refractivity contribution in [2.75, 3.05) is 20.7 Å². The van der Waals surface area contributed by atoms with E-state index in [9.17, 15) is 4.79 Å². The monoisotopic (exact) mass is 326 g/mol. The van der Waals surface area contributed by atoms with Crippen molar-refractivity contribution in [1.82, 2.24) is 4.90 Å². The van der Waals surface area contributed by atoms with Crippen LogP contribution in [0.4, 0.5) is 0 Å². The van der Waals surface area contributed by atoms with E-state index in [1.165, 1.54) is 0 Å².